The predicted molar refractivity (Wildman–Crippen MR) is 105 cm³/mol. The number of methoxy groups -OCH3 is 1. The first-order valence-corrected chi connectivity index (χ1v) is 8.24. The molecule has 0 saturated carbocycles. The topological polar surface area (TPSA) is 92.3 Å². The molecule has 0 radical (unpaired) electrons. The SMILES string of the molecule is COC(=O)c1cccc(Nc2nncc(Nc3ccc(N(C)C)cc3)n2)c1. The standard InChI is InChI=1S/C19H20N6O2/c1-25(2)16-9-7-14(8-10-16)21-17-12-20-24-19(23-17)22-15-6-4-5-13(11-15)18(26)27-3/h4-12H,1-3H3,(H2,21,22,23,24). The fraction of sp³-hybridized carbons (Fsp3) is 0.158. The lowest BCUT2D eigenvalue weighted by molar-refractivity contribution is 0.0601. The van der Waals surface area contributed by atoms with Gasteiger partial charge in [-0.05, 0) is 42.5 Å². The van der Waals surface area contributed by atoms with Crippen LogP contribution >= 0.6 is 0 Å². The fourth-order valence-electron chi connectivity index (χ4n) is 2.38. The van der Waals surface area contributed by atoms with Crippen molar-refractivity contribution in [2.45, 2.75) is 0 Å². The van der Waals surface area contributed by atoms with Crippen LogP contribution in [0.2, 0.25) is 0 Å². The number of nitrogens with zero attached hydrogens (tertiary/aromatic N) is 4. The molecule has 0 spiro atoms. The molecular weight excluding hydrogens is 344 g/mol. The van der Waals surface area contributed by atoms with Crippen molar-refractivity contribution in [3.05, 3.63) is 60.3 Å². The van der Waals surface area contributed by atoms with Gasteiger partial charge in [-0.3, -0.25) is 0 Å². The lowest BCUT2D eigenvalue weighted by Gasteiger charge is -2.13. The first-order chi connectivity index (χ1) is 13.0. The number of hydrogen-bond donors (Lipinski definition) is 2. The smallest absolute Gasteiger partial charge is 0.337 e. The summed E-state index contributed by atoms with van der Waals surface area (Å²) in [5.41, 5.74) is 3.09. The highest BCUT2D eigenvalue weighted by Gasteiger charge is 2.07. The largest absolute Gasteiger partial charge is 0.465 e. The van der Waals surface area contributed by atoms with E-state index in [1.54, 1.807) is 24.3 Å². The Hall–Kier alpha value is -3.68. The average Bonchev–Trinajstić information content (AvgIpc) is 2.68. The van der Waals surface area contributed by atoms with Crippen LogP contribution < -0.4 is 15.5 Å². The zero-order valence-corrected chi connectivity index (χ0v) is 15.3. The monoisotopic (exact) mass is 364 g/mol. The van der Waals surface area contributed by atoms with Gasteiger partial charge in [0.1, 0.15) is 0 Å². The molecule has 0 amide bonds. The molecule has 0 bridgehead atoms. The van der Waals surface area contributed by atoms with Crippen molar-refractivity contribution in [3.63, 3.8) is 0 Å². The molecule has 8 nitrogen and oxygen atoms in total. The summed E-state index contributed by atoms with van der Waals surface area (Å²) in [6, 6.07) is 14.8. The first-order valence-electron chi connectivity index (χ1n) is 8.24. The van der Waals surface area contributed by atoms with E-state index in [4.69, 9.17) is 4.74 Å². The summed E-state index contributed by atoms with van der Waals surface area (Å²) in [5.74, 6) is 0.454. The molecule has 8 heteroatoms. The predicted octanol–water partition coefficient (Wildman–Crippen LogP) is 3.21. The molecule has 2 aromatic carbocycles. The van der Waals surface area contributed by atoms with Crippen molar-refractivity contribution in [3.8, 4) is 0 Å². The van der Waals surface area contributed by atoms with Crippen molar-refractivity contribution >= 4 is 34.8 Å². The molecule has 3 aromatic rings. The van der Waals surface area contributed by atoms with Gasteiger partial charge in [0.15, 0.2) is 5.82 Å². The minimum absolute atomic E-state index is 0.312. The number of rotatable bonds is 6. The fourth-order valence-corrected chi connectivity index (χ4v) is 2.38. The number of nitrogens with one attached hydrogen (secondary N) is 2. The van der Waals surface area contributed by atoms with Crippen LogP contribution in [0.3, 0.4) is 0 Å². The lowest BCUT2D eigenvalue weighted by Crippen LogP contribution is -2.08. The van der Waals surface area contributed by atoms with Crippen molar-refractivity contribution < 1.29 is 9.53 Å². The Bertz CT molecular complexity index is 927. The van der Waals surface area contributed by atoms with Gasteiger partial charge in [0, 0.05) is 31.2 Å². The molecule has 27 heavy (non-hydrogen) atoms. The number of ether oxygens (including phenoxy) is 1. The number of carbonyl (C=O) groups excluding carboxylic acids is 1. The van der Waals surface area contributed by atoms with Gasteiger partial charge in [-0.25, -0.2) is 4.79 Å². The molecule has 1 aromatic heterocycles. The quantitative estimate of drug-likeness (QED) is 0.644. The van der Waals surface area contributed by atoms with E-state index in [2.05, 4.69) is 25.8 Å². The van der Waals surface area contributed by atoms with Gasteiger partial charge in [0.25, 0.3) is 0 Å². The van der Waals surface area contributed by atoms with E-state index in [9.17, 15) is 4.79 Å². The van der Waals surface area contributed by atoms with Gasteiger partial charge < -0.3 is 20.3 Å². The van der Waals surface area contributed by atoms with Crippen molar-refractivity contribution in [1.29, 1.82) is 0 Å². The number of carbonyl (C=O) groups is 1. The van der Waals surface area contributed by atoms with E-state index >= 15 is 0 Å². The number of benzene rings is 2. The van der Waals surface area contributed by atoms with Crippen molar-refractivity contribution in [2.75, 3.05) is 36.7 Å². The highest BCUT2D eigenvalue weighted by atomic mass is 16.5. The molecule has 0 atom stereocenters. The van der Waals surface area contributed by atoms with E-state index in [1.807, 2.05) is 43.3 Å². The average molecular weight is 364 g/mol. The molecule has 1 heterocycles. The molecule has 138 valence electrons. The highest BCUT2D eigenvalue weighted by molar-refractivity contribution is 5.90. The summed E-state index contributed by atoms with van der Waals surface area (Å²) in [4.78, 5) is 18.1. The maximum absolute atomic E-state index is 11.6. The van der Waals surface area contributed by atoms with Gasteiger partial charge >= 0.3 is 5.97 Å². The maximum atomic E-state index is 11.6. The third-order valence-corrected chi connectivity index (χ3v) is 3.75. The lowest BCUT2D eigenvalue weighted by atomic mass is 10.2. The Kier molecular flexibility index (Phi) is 5.46. The van der Waals surface area contributed by atoms with Gasteiger partial charge in [-0.1, -0.05) is 6.07 Å². The minimum Gasteiger partial charge on any atom is -0.465 e. The van der Waals surface area contributed by atoms with Gasteiger partial charge in [0.2, 0.25) is 5.95 Å². The molecule has 0 aliphatic heterocycles. The summed E-state index contributed by atoms with van der Waals surface area (Å²) >= 11 is 0. The van der Waals surface area contributed by atoms with Gasteiger partial charge in [-0.15, -0.1) is 5.10 Å². The molecule has 0 fully saturated rings. The van der Waals surface area contributed by atoms with Crippen LogP contribution in [-0.2, 0) is 4.74 Å². The Balaban J connectivity index is 1.73. The van der Waals surface area contributed by atoms with Crippen LogP contribution in [0.4, 0.5) is 28.8 Å². The third-order valence-electron chi connectivity index (χ3n) is 3.75. The normalized spacial score (nSPS) is 10.2. The highest BCUT2D eigenvalue weighted by Crippen LogP contribution is 2.20. The molecule has 0 aliphatic rings. The van der Waals surface area contributed by atoms with E-state index in [0.717, 1.165) is 11.4 Å². The van der Waals surface area contributed by atoms with Crippen LogP contribution in [0, 0.1) is 0 Å². The van der Waals surface area contributed by atoms with Crippen molar-refractivity contribution in [2.24, 2.45) is 0 Å². The number of esters is 1. The zero-order chi connectivity index (χ0) is 19.2. The third kappa shape index (κ3) is 4.69. The van der Waals surface area contributed by atoms with Crippen molar-refractivity contribution in [1.82, 2.24) is 15.2 Å². The van der Waals surface area contributed by atoms with Gasteiger partial charge in [0.05, 0.1) is 18.9 Å². The molecule has 0 aliphatic carbocycles. The van der Waals surface area contributed by atoms with Gasteiger partial charge in [-0.2, -0.15) is 10.1 Å². The maximum Gasteiger partial charge on any atom is 0.337 e. The van der Waals surface area contributed by atoms with Crippen LogP contribution in [-0.4, -0.2) is 42.4 Å². The van der Waals surface area contributed by atoms with Crippen LogP contribution in [0.5, 0.6) is 0 Å². The number of aromatic nitrogens is 3. The summed E-state index contributed by atoms with van der Waals surface area (Å²) in [5, 5.41) is 14.2. The number of anilines is 5. The summed E-state index contributed by atoms with van der Waals surface area (Å²) < 4.78 is 4.73. The molecule has 2 N–H and O–H groups in total. The van der Waals surface area contributed by atoms with Crippen LogP contribution in [0.1, 0.15) is 10.4 Å². The Morgan fingerprint density at radius 1 is 1.04 bits per heavy atom. The summed E-state index contributed by atoms with van der Waals surface area (Å²) in [7, 11) is 5.32. The Labute approximate surface area is 157 Å². The second-order valence-electron chi connectivity index (χ2n) is 5.93. The Morgan fingerprint density at radius 3 is 2.52 bits per heavy atom. The van der Waals surface area contributed by atoms with Crippen LogP contribution in [0.15, 0.2) is 54.7 Å². The van der Waals surface area contributed by atoms with E-state index in [-0.39, 0.29) is 0 Å². The molecule has 0 unspecified atom stereocenters. The molecular formula is C19H20N6O2. The van der Waals surface area contributed by atoms with Crippen LogP contribution in [0.25, 0.3) is 0 Å². The second kappa shape index (κ2) is 8.13. The van der Waals surface area contributed by atoms with E-state index in [1.165, 1.54) is 13.3 Å². The molecule has 0 saturated heterocycles. The second-order valence-corrected chi connectivity index (χ2v) is 5.93. The van der Waals surface area contributed by atoms with E-state index < -0.39 is 5.97 Å². The Morgan fingerprint density at radius 2 is 1.81 bits per heavy atom. The summed E-state index contributed by atoms with van der Waals surface area (Å²) in [6.45, 7) is 0. The zero-order valence-electron chi connectivity index (χ0n) is 15.3. The number of hydrogen-bond acceptors (Lipinski definition) is 8. The molecule has 3 rings (SSSR count). The van der Waals surface area contributed by atoms with E-state index in [0.29, 0.717) is 23.0 Å². The first kappa shape index (κ1) is 18.1. The minimum atomic E-state index is -0.408. The summed E-state index contributed by atoms with van der Waals surface area (Å²) in [6.07, 6.45) is 1.54.